The van der Waals surface area contributed by atoms with Crippen LogP contribution in [-0.2, 0) is 13.1 Å². The lowest BCUT2D eigenvalue weighted by atomic mass is 10.1. The topological polar surface area (TPSA) is 48.6 Å². The average Bonchev–Trinajstić information content (AvgIpc) is 3.01. The van der Waals surface area contributed by atoms with Crippen molar-refractivity contribution in [3.8, 4) is 0 Å². The summed E-state index contributed by atoms with van der Waals surface area (Å²) in [6.07, 6.45) is 0. The van der Waals surface area contributed by atoms with Gasteiger partial charge in [0.15, 0.2) is 5.82 Å². The van der Waals surface area contributed by atoms with Gasteiger partial charge >= 0.3 is 0 Å². The Morgan fingerprint density at radius 3 is 2.21 bits per heavy atom. The van der Waals surface area contributed by atoms with Crippen LogP contribution in [0.15, 0.2) is 28.8 Å². The third-order valence-electron chi connectivity index (χ3n) is 4.65. The van der Waals surface area contributed by atoms with Crippen LogP contribution in [0.1, 0.15) is 24.2 Å². The van der Waals surface area contributed by atoms with E-state index in [2.05, 4.69) is 63.1 Å². The normalized spacial score (nSPS) is 16.5. The van der Waals surface area contributed by atoms with Gasteiger partial charge in [-0.05, 0) is 31.5 Å². The molecule has 1 aliphatic rings. The van der Waals surface area contributed by atoms with Crippen molar-refractivity contribution in [2.45, 2.75) is 26.9 Å². The molecule has 0 saturated carbocycles. The molecule has 0 aliphatic carbocycles. The predicted octanol–water partition coefficient (Wildman–Crippen LogP) is 2.15. The number of hydrogen-bond donors (Lipinski definition) is 0. The van der Waals surface area contributed by atoms with Crippen LogP contribution in [0, 0.1) is 6.92 Å². The minimum atomic E-state index is 0.709. The SMILES string of the molecule is CCN(C)c1ccc(CN2CCN(Cc3nc(C)no3)CC2)cc1. The van der Waals surface area contributed by atoms with Crippen LogP contribution in [-0.4, -0.2) is 59.7 Å². The molecule has 2 aromatic rings. The first kappa shape index (κ1) is 16.9. The zero-order valence-corrected chi connectivity index (χ0v) is 14.9. The molecule has 1 aromatic heterocycles. The van der Waals surface area contributed by atoms with E-state index in [1.54, 1.807) is 0 Å². The molecular formula is C18H27N5O. The van der Waals surface area contributed by atoms with Crippen LogP contribution in [0.25, 0.3) is 0 Å². The van der Waals surface area contributed by atoms with Gasteiger partial charge in [-0.15, -0.1) is 0 Å². The molecule has 6 heteroatoms. The van der Waals surface area contributed by atoms with Crippen molar-refractivity contribution in [3.05, 3.63) is 41.5 Å². The molecule has 0 radical (unpaired) electrons. The molecule has 1 fully saturated rings. The molecule has 6 nitrogen and oxygen atoms in total. The van der Waals surface area contributed by atoms with Gasteiger partial charge in [0.05, 0.1) is 6.54 Å². The van der Waals surface area contributed by atoms with Gasteiger partial charge in [-0.3, -0.25) is 9.80 Å². The maximum Gasteiger partial charge on any atom is 0.240 e. The number of nitrogens with zero attached hydrogens (tertiary/aromatic N) is 5. The van der Waals surface area contributed by atoms with Crippen molar-refractivity contribution >= 4 is 5.69 Å². The van der Waals surface area contributed by atoms with E-state index in [0.717, 1.165) is 51.7 Å². The number of hydrogen-bond acceptors (Lipinski definition) is 6. The lowest BCUT2D eigenvalue weighted by molar-refractivity contribution is 0.112. The molecule has 0 spiro atoms. The van der Waals surface area contributed by atoms with Crippen LogP contribution in [0.5, 0.6) is 0 Å². The Kier molecular flexibility index (Phi) is 5.48. The monoisotopic (exact) mass is 329 g/mol. The largest absolute Gasteiger partial charge is 0.375 e. The fourth-order valence-electron chi connectivity index (χ4n) is 3.00. The third-order valence-corrected chi connectivity index (χ3v) is 4.65. The zero-order chi connectivity index (χ0) is 16.9. The zero-order valence-electron chi connectivity index (χ0n) is 14.9. The van der Waals surface area contributed by atoms with E-state index < -0.39 is 0 Å². The Morgan fingerprint density at radius 2 is 1.67 bits per heavy atom. The Balaban J connectivity index is 1.46. The summed E-state index contributed by atoms with van der Waals surface area (Å²) in [7, 11) is 2.12. The Labute approximate surface area is 144 Å². The fourth-order valence-corrected chi connectivity index (χ4v) is 3.00. The van der Waals surface area contributed by atoms with Gasteiger partial charge in [0.25, 0.3) is 0 Å². The first-order valence-electron chi connectivity index (χ1n) is 8.68. The molecular weight excluding hydrogens is 302 g/mol. The summed E-state index contributed by atoms with van der Waals surface area (Å²) < 4.78 is 5.21. The van der Waals surface area contributed by atoms with Gasteiger partial charge in [0.1, 0.15) is 0 Å². The van der Waals surface area contributed by atoms with Gasteiger partial charge in [-0.1, -0.05) is 17.3 Å². The Bertz CT molecular complexity index is 631. The first-order chi connectivity index (χ1) is 11.6. The summed E-state index contributed by atoms with van der Waals surface area (Å²) in [5.74, 6) is 1.43. The van der Waals surface area contributed by atoms with E-state index in [1.807, 2.05) is 6.92 Å². The number of aryl methyl sites for hydroxylation is 1. The van der Waals surface area contributed by atoms with Crippen LogP contribution in [0.2, 0.25) is 0 Å². The second kappa shape index (κ2) is 7.77. The molecule has 1 aliphatic heterocycles. The van der Waals surface area contributed by atoms with E-state index in [1.165, 1.54) is 11.3 Å². The molecule has 0 unspecified atom stereocenters. The van der Waals surface area contributed by atoms with Crippen molar-refractivity contribution in [2.75, 3.05) is 44.7 Å². The van der Waals surface area contributed by atoms with Crippen molar-refractivity contribution in [2.24, 2.45) is 0 Å². The smallest absolute Gasteiger partial charge is 0.240 e. The molecule has 24 heavy (non-hydrogen) atoms. The highest BCUT2D eigenvalue weighted by Gasteiger charge is 2.19. The highest BCUT2D eigenvalue weighted by atomic mass is 16.5. The molecule has 3 rings (SSSR count). The van der Waals surface area contributed by atoms with Gasteiger partial charge in [0, 0.05) is 52.0 Å². The summed E-state index contributed by atoms with van der Waals surface area (Å²) in [6.45, 7) is 11.1. The van der Waals surface area contributed by atoms with E-state index in [0.29, 0.717) is 5.82 Å². The lowest BCUT2D eigenvalue weighted by Crippen LogP contribution is -2.45. The predicted molar refractivity (Wildman–Crippen MR) is 95.0 cm³/mol. The molecule has 1 saturated heterocycles. The van der Waals surface area contributed by atoms with Gasteiger partial charge in [-0.2, -0.15) is 4.98 Å². The quantitative estimate of drug-likeness (QED) is 0.809. The number of rotatable bonds is 6. The molecule has 0 N–H and O–H groups in total. The maximum atomic E-state index is 5.21. The van der Waals surface area contributed by atoms with Crippen molar-refractivity contribution in [1.29, 1.82) is 0 Å². The number of benzene rings is 1. The van der Waals surface area contributed by atoms with Gasteiger partial charge in [0.2, 0.25) is 5.89 Å². The third kappa shape index (κ3) is 4.33. The minimum Gasteiger partial charge on any atom is -0.375 e. The second-order valence-electron chi connectivity index (χ2n) is 6.47. The molecule has 130 valence electrons. The Hall–Kier alpha value is -1.92. The standard InChI is InChI=1S/C18H27N5O/c1-4-21(3)17-7-5-16(6-8-17)13-22-9-11-23(12-10-22)14-18-19-15(2)20-24-18/h5-8H,4,9-14H2,1-3H3. The van der Waals surface area contributed by atoms with Crippen molar-refractivity contribution < 1.29 is 4.52 Å². The van der Waals surface area contributed by atoms with Gasteiger partial charge in [-0.25, -0.2) is 0 Å². The van der Waals surface area contributed by atoms with Crippen LogP contribution < -0.4 is 4.90 Å². The molecule has 0 bridgehead atoms. The van der Waals surface area contributed by atoms with Crippen molar-refractivity contribution in [3.63, 3.8) is 0 Å². The summed E-state index contributed by atoms with van der Waals surface area (Å²) in [5.41, 5.74) is 2.66. The van der Waals surface area contributed by atoms with Crippen LogP contribution in [0.4, 0.5) is 5.69 Å². The molecule has 2 heterocycles. The molecule has 0 amide bonds. The summed E-state index contributed by atoms with van der Waals surface area (Å²) in [6, 6.07) is 8.92. The van der Waals surface area contributed by atoms with E-state index in [4.69, 9.17) is 4.52 Å². The Morgan fingerprint density at radius 1 is 1.04 bits per heavy atom. The summed E-state index contributed by atoms with van der Waals surface area (Å²) in [5, 5.41) is 3.85. The molecule has 0 atom stereocenters. The summed E-state index contributed by atoms with van der Waals surface area (Å²) >= 11 is 0. The number of aromatic nitrogens is 2. The highest BCUT2D eigenvalue weighted by molar-refractivity contribution is 5.46. The minimum absolute atomic E-state index is 0.709. The highest BCUT2D eigenvalue weighted by Crippen LogP contribution is 2.16. The lowest BCUT2D eigenvalue weighted by Gasteiger charge is -2.34. The van der Waals surface area contributed by atoms with Crippen molar-refractivity contribution in [1.82, 2.24) is 19.9 Å². The van der Waals surface area contributed by atoms with Gasteiger partial charge < -0.3 is 9.42 Å². The van der Waals surface area contributed by atoms with E-state index in [9.17, 15) is 0 Å². The van der Waals surface area contributed by atoms with Crippen LogP contribution >= 0.6 is 0 Å². The second-order valence-corrected chi connectivity index (χ2v) is 6.47. The maximum absolute atomic E-state index is 5.21. The molecule has 1 aromatic carbocycles. The first-order valence-corrected chi connectivity index (χ1v) is 8.68. The van der Waals surface area contributed by atoms with E-state index in [-0.39, 0.29) is 0 Å². The fraction of sp³-hybridized carbons (Fsp3) is 0.556. The number of piperazine rings is 1. The summed E-state index contributed by atoms with van der Waals surface area (Å²) in [4.78, 5) is 11.4. The van der Waals surface area contributed by atoms with E-state index >= 15 is 0 Å². The number of anilines is 1. The average molecular weight is 329 g/mol. The van der Waals surface area contributed by atoms with Crippen LogP contribution in [0.3, 0.4) is 0 Å².